The molecule has 3 aromatic rings. The van der Waals surface area contributed by atoms with Gasteiger partial charge in [-0.1, -0.05) is 0 Å². The van der Waals surface area contributed by atoms with Crippen molar-refractivity contribution in [1.82, 2.24) is 30.3 Å². The molecule has 0 aliphatic rings. The van der Waals surface area contributed by atoms with Crippen LogP contribution in [-0.2, 0) is 24.8 Å². The molecule has 0 atom stereocenters. The number of aromatic amines is 1. The van der Waals surface area contributed by atoms with Crippen molar-refractivity contribution >= 4 is 16.9 Å². The van der Waals surface area contributed by atoms with Crippen molar-refractivity contribution in [3.05, 3.63) is 42.0 Å². The fourth-order valence-corrected chi connectivity index (χ4v) is 2.20. The maximum absolute atomic E-state index is 11.9. The minimum atomic E-state index is 0.00263. The second-order valence-corrected chi connectivity index (χ2v) is 4.80. The lowest BCUT2D eigenvalue weighted by Gasteiger charge is -2.04. The molecule has 3 rings (SSSR count). The third kappa shape index (κ3) is 2.91. The van der Waals surface area contributed by atoms with Gasteiger partial charge < -0.3 is 5.32 Å². The smallest absolute Gasteiger partial charge is 0.220 e. The average molecular weight is 284 g/mol. The van der Waals surface area contributed by atoms with Crippen LogP contribution < -0.4 is 5.32 Å². The zero-order chi connectivity index (χ0) is 14.7. The first-order valence-electron chi connectivity index (χ1n) is 6.75. The summed E-state index contributed by atoms with van der Waals surface area (Å²) in [7, 11) is 1.87. The maximum atomic E-state index is 11.9. The van der Waals surface area contributed by atoms with Gasteiger partial charge in [-0.2, -0.15) is 10.2 Å². The van der Waals surface area contributed by atoms with E-state index in [9.17, 15) is 4.79 Å². The number of carbonyl (C=O) groups excluding carboxylic acids is 1. The van der Waals surface area contributed by atoms with Crippen LogP contribution >= 0.6 is 0 Å². The van der Waals surface area contributed by atoms with E-state index in [0.29, 0.717) is 25.0 Å². The van der Waals surface area contributed by atoms with Crippen molar-refractivity contribution < 1.29 is 4.79 Å². The van der Waals surface area contributed by atoms with Gasteiger partial charge >= 0.3 is 0 Å². The van der Waals surface area contributed by atoms with Gasteiger partial charge in [-0.25, -0.2) is 4.98 Å². The molecule has 1 amide bonds. The summed E-state index contributed by atoms with van der Waals surface area (Å²) in [6.07, 6.45) is 4.54. The molecule has 0 aromatic carbocycles. The largest absolute Gasteiger partial charge is 0.350 e. The van der Waals surface area contributed by atoms with E-state index in [1.165, 1.54) is 0 Å². The Morgan fingerprint density at radius 2 is 2.29 bits per heavy atom. The summed E-state index contributed by atoms with van der Waals surface area (Å²) in [4.78, 5) is 16.0. The molecule has 2 N–H and O–H groups in total. The predicted molar refractivity (Wildman–Crippen MR) is 77.3 cm³/mol. The molecule has 7 nitrogen and oxygen atoms in total. The second-order valence-electron chi connectivity index (χ2n) is 4.80. The molecule has 0 spiro atoms. The Labute approximate surface area is 121 Å². The van der Waals surface area contributed by atoms with Crippen LogP contribution in [0.25, 0.3) is 11.0 Å². The molecule has 0 saturated carbocycles. The lowest BCUT2D eigenvalue weighted by atomic mass is 10.2. The monoisotopic (exact) mass is 284 g/mol. The predicted octanol–water partition coefficient (Wildman–Crippen LogP) is 0.940. The van der Waals surface area contributed by atoms with E-state index in [4.69, 9.17) is 0 Å². The molecule has 0 saturated heterocycles. The van der Waals surface area contributed by atoms with Crippen molar-refractivity contribution in [2.45, 2.75) is 19.4 Å². The van der Waals surface area contributed by atoms with Crippen molar-refractivity contribution in [2.75, 3.05) is 0 Å². The summed E-state index contributed by atoms with van der Waals surface area (Å²) in [6, 6.07) is 5.70. The third-order valence-corrected chi connectivity index (χ3v) is 3.40. The van der Waals surface area contributed by atoms with Crippen LogP contribution in [0.1, 0.15) is 17.8 Å². The molecule has 0 unspecified atom stereocenters. The number of hydrogen-bond donors (Lipinski definition) is 2. The van der Waals surface area contributed by atoms with E-state index in [2.05, 4.69) is 25.6 Å². The van der Waals surface area contributed by atoms with Gasteiger partial charge in [0.25, 0.3) is 0 Å². The first kappa shape index (κ1) is 13.3. The van der Waals surface area contributed by atoms with Gasteiger partial charge in [-0.3, -0.25) is 14.6 Å². The van der Waals surface area contributed by atoms with Gasteiger partial charge in [0.2, 0.25) is 5.91 Å². The van der Waals surface area contributed by atoms with Gasteiger partial charge in [0.15, 0.2) is 5.65 Å². The molecule has 0 aliphatic heterocycles. The van der Waals surface area contributed by atoms with Crippen molar-refractivity contribution in [2.24, 2.45) is 7.05 Å². The fourth-order valence-electron chi connectivity index (χ4n) is 2.20. The highest BCUT2D eigenvalue weighted by atomic mass is 16.1. The van der Waals surface area contributed by atoms with Crippen LogP contribution in [0.15, 0.2) is 30.6 Å². The number of nitrogens with zero attached hydrogens (tertiary/aromatic N) is 4. The van der Waals surface area contributed by atoms with Crippen LogP contribution in [-0.4, -0.2) is 30.9 Å². The Hall–Kier alpha value is -2.70. The van der Waals surface area contributed by atoms with Crippen LogP contribution in [0.5, 0.6) is 0 Å². The van der Waals surface area contributed by atoms with Crippen LogP contribution in [0, 0.1) is 0 Å². The van der Waals surface area contributed by atoms with Gasteiger partial charge in [-0.05, 0) is 24.6 Å². The van der Waals surface area contributed by atoms with E-state index < -0.39 is 0 Å². The lowest BCUT2D eigenvalue weighted by Crippen LogP contribution is -2.23. The van der Waals surface area contributed by atoms with Gasteiger partial charge in [0.1, 0.15) is 0 Å². The SMILES string of the molecule is Cn1nccc1CCC(=O)NCc1[nH]nc2ncccc12. The number of pyridine rings is 1. The molecule has 0 fully saturated rings. The van der Waals surface area contributed by atoms with E-state index in [1.54, 1.807) is 17.1 Å². The molecule has 3 heterocycles. The third-order valence-electron chi connectivity index (χ3n) is 3.40. The summed E-state index contributed by atoms with van der Waals surface area (Å²) in [6.45, 7) is 0.423. The quantitative estimate of drug-likeness (QED) is 0.730. The Bertz CT molecular complexity index is 760. The number of nitrogens with one attached hydrogen (secondary N) is 2. The topological polar surface area (TPSA) is 88.5 Å². The standard InChI is InChI=1S/C14H16N6O/c1-20-10(6-8-17-20)4-5-13(21)16-9-12-11-3-2-7-15-14(11)19-18-12/h2-3,6-8H,4-5,9H2,1H3,(H,16,21)(H,15,18,19). The number of aryl methyl sites for hydroxylation is 2. The number of hydrogen-bond acceptors (Lipinski definition) is 4. The van der Waals surface area contributed by atoms with Crippen molar-refractivity contribution in [3.8, 4) is 0 Å². The van der Waals surface area contributed by atoms with Crippen molar-refractivity contribution in [3.63, 3.8) is 0 Å². The number of rotatable bonds is 5. The number of amides is 1. The Kier molecular flexibility index (Phi) is 3.63. The summed E-state index contributed by atoms with van der Waals surface area (Å²) < 4.78 is 1.78. The van der Waals surface area contributed by atoms with Gasteiger partial charge in [0.05, 0.1) is 12.2 Å². The summed E-state index contributed by atoms with van der Waals surface area (Å²) in [5, 5.41) is 14.9. The van der Waals surface area contributed by atoms with Crippen LogP contribution in [0.4, 0.5) is 0 Å². The van der Waals surface area contributed by atoms with Gasteiger partial charge in [0, 0.05) is 36.9 Å². The Morgan fingerprint density at radius 3 is 3.10 bits per heavy atom. The summed E-state index contributed by atoms with van der Waals surface area (Å²) in [5.41, 5.74) is 2.57. The van der Waals surface area contributed by atoms with Crippen LogP contribution in [0.2, 0.25) is 0 Å². The minimum Gasteiger partial charge on any atom is -0.350 e. The number of H-pyrrole nitrogens is 1. The highest BCUT2D eigenvalue weighted by Gasteiger charge is 2.08. The average Bonchev–Trinajstić information content (AvgIpc) is 3.09. The number of fused-ring (bicyclic) bond motifs is 1. The lowest BCUT2D eigenvalue weighted by molar-refractivity contribution is -0.121. The van der Waals surface area contributed by atoms with E-state index in [1.807, 2.05) is 25.2 Å². The number of carbonyl (C=O) groups is 1. The van der Waals surface area contributed by atoms with E-state index in [0.717, 1.165) is 16.8 Å². The molecule has 0 aliphatic carbocycles. The summed E-state index contributed by atoms with van der Waals surface area (Å²) >= 11 is 0. The molecular formula is C14H16N6O. The second kappa shape index (κ2) is 5.74. The number of aromatic nitrogens is 5. The van der Waals surface area contributed by atoms with Gasteiger partial charge in [-0.15, -0.1) is 0 Å². The molecule has 21 heavy (non-hydrogen) atoms. The minimum absolute atomic E-state index is 0.00263. The normalized spacial score (nSPS) is 10.9. The molecule has 3 aromatic heterocycles. The Balaban J connectivity index is 1.55. The first-order valence-corrected chi connectivity index (χ1v) is 6.75. The molecule has 0 radical (unpaired) electrons. The molecular weight excluding hydrogens is 268 g/mol. The molecule has 0 bridgehead atoms. The fraction of sp³-hybridized carbons (Fsp3) is 0.286. The van der Waals surface area contributed by atoms with Crippen LogP contribution in [0.3, 0.4) is 0 Å². The molecule has 108 valence electrons. The first-order chi connectivity index (χ1) is 10.2. The molecule has 7 heteroatoms. The summed E-state index contributed by atoms with van der Waals surface area (Å²) in [5.74, 6) is 0.00263. The highest BCUT2D eigenvalue weighted by Crippen LogP contribution is 2.12. The van der Waals surface area contributed by atoms with E-state index in [-0.39, 0.29) is 5.91 Å². The Morgan fingerprint density at radius 1 is 1.38 bits per heavy atom. The zero-order valence-electron chi connectivity index (χ0n) is 11.7. The zero-order valence-corrected chi connectivity index (χ0v) is 11.7. The van der Waals surface area contributed by atoms with E-state index >= 15 is 0 Å². The highest BCUT2D eigenvalue weighted by molar-refractivity contribution is 5.79. The van der Waals surface area contributed by atoms with Crippen molar-refractivity contribution in [1.29, 1.82) is 0 Å². The maximum Gasteiger partial charge on any atom is 0.220 e.